The summed E-state index contributed by atoms with van der Waals surface area (Å²) < 4.78 is 0. The van der Waals surface area contributed by atoms with Crippen LogP contribution in [0.4, 0.5) is 0 Å². The molecule has 6 nitrogen and oxygen atoms in total. The van der Waals surface area contributed by atoms with Gasteiger partial charge < -0.3 is 21.7 Å². The molecule has 6 heteroatoms. The SMILES string of the molecule is CC(C)(C)c1cc(CCC(N)=O)cc(C(C)(C)C)c1O.CCCCCCc1c(CCC(N)=O)cc(C(C)(C)C)c(O)c1C(C)(C)C. The predicted octanol–water partition coefficient (Wildman–Crippen LogP) is 8.93. The van der Waals surface area contributed by atoms with E-state index in [9.17, 15) is 19.8 Å². The van der Waals surface area contributed by atoms with E-state index in [0.717, 1.165) is 40.7 Å². The first-order valence-corrected chi connectivity index (χ1v) is 17.1. The molecule has 2 rings (SSSR count). The molecule has 0 atom stereocenters. The van der Waals surface area contributed by atoms with Crippen molar-refractivity contribution in [2.24, 2.45) is 11.5 Å². The number of hydrogen-bond acceptors (Lipinski definition) is 4. The van der Waals surface area contributed by atoms with Crippen LogP contribution in [0, 0.1) is 0 Å². The van der Waals surface area contributed by atoms with Crippen LogP contribution in [-0.4, -0.2) is 22.0 Å². The zero-order valence-electron chi connectivity index (χ0n) is 31.5. The number of primary amides is 2. The average molecular weight is 639 g/mol. The van der Waals surface area contributed by atoms with Gasteiger partial charge in [0.05, 0.1) is 0 Å². The third-order valence-electron chi connectivity index (χ3n) is 8.42. The van der Waals surface area contributed by atoms with Crippen molar-refractivity contribution in [2.75, 3.05) is 0 Å². The second kappa shape index (κ2) is 16.2. The first-order chi connectivity index (χ1) is 20.8. The minimum absolute atomic E-state index is 0.146. The van der Waals surface area contributed by atoms with E-state index in [1.54, 1.807) is 0 Å². The van der Waals surface area contributed by atoms with Crippen molar-refractivity contribution < 1.29 is 19.8 Å². The van der Waals surface area contributed by atoms with Crippen molar-refractivity contribution in [3.63, 3.8) is 0 Å². The lowest BCUT2D eigenvalue weighted by molar-refractivity contribution is -0.118. The Morgan fingerprint density at radius 2 is 1.02 bits per heavy atom. The molecule has 0 aromatic heterocycles. The van der Waals surface area contributed by atoms with Crippen LogP contribution < -0.4 is 11.5 Å². The van der Waals surface area contributed by atoms with Crippen molar-refractivity contribution in [3.8, 4) is 11.5 Å². The van der Waals surface area contributed by atoms with Gasteiger partial charge >= 0.3 is 0 Å². The number of hydrogen-bond donors (Lipinski definition) is 4. The Bertz CT molecular complexity index is 1290. The summed E-state index contributed by atoms with van der Waals surface area (Å²) in [7, 11) is 0. The summed E-state index contributed by atoms with van der Waals surface area (Å²) in [5, 5.41) is 21.7. The zero-order valence-corrected chi connectivity index (χ0v) is 31.5. The summed E-state index contributed by atoms with van der Waals surface area (Å²) in [5.74, 6) is 0.225. The third kappa shape index (κ3) is 12.3. The lowest BCUT2D eigenvalue weighted by atomic mass is 9.74. The van der Waals surface area contributed by atoms with Crippen LogP contribution in [0.25, 0.3) is 0 Å². The van der Waals surface area contributed by atoms with Gasteiger partial charge in [0.15, 0.2) is 0 Å². The van der Waals surface area contributed by atoms with Gasteiger partial charge in [0.2, 0.25) is 11.8 Å². The molecule has 0 saturated carbocycles. The molecule has 260 valence electrons. The Morgan fingerprint density at radius 3 is 1.41 bits per heavy atom. The fourth-order valence-corrected chi connectivity index (χ4v) is 5.89. The number of phenols is 2. The highest BCUT2D eigenvalue weighted by Crippen LogP contribution is 2.44. The molecule has 0 aliphatic heterocycles. The highest BCUT2D eigenvalue weighted by molar-refractivity contribution is 5.74. The van der Waals surface area contributed by atoms with Crippen LogP contribution in [0.3, 0.4) is 0 Å². The lowest BCUT2D eigenvalue weighted by Crippen LogP contribution is -2.21. The highest BCUT2D eigenvalue weighted by atomic mass is 16.3. The van der Waals surface area contributed by atoms with Crippen LogP contribution in [0.5, 0.6) is 11.5 Å². The number of carbonyl (C=O) groups is 2. The van der Waals surface area contributed by atoms with Gasteiger partial charge in [0.1, 0.15) is 11.5 Å². The van der Waals surface area contributed by atoms with Gasteiger partial charge in [0, 0.05) is 18.4 Å². The summed E-state index contributed by atoms with van der Waals surface area (Å²) in [4.78, 5) is 22.4. The fourth-order valence-electron chi connectivity index (χ4n) is 5.89. The zero-order chi connectivity index (χ0) is 35.8. The molecule has 0 aliphatic rings. The quantitative estimate of drug-likeness (QED) is 0.183. The number of phenolic OH excluding ortho intramolecular Hbond substituents is 2. The number of nitrogens with two attached hydrogens (primary N) is 2. The Hall–Kier alpha value is -3.02. The first-order valence-electron chi connectivity index (χ1n) is 17.1. The van der Waals surface area contributed by atoms with E-state index in [-0.39, 0.29) is 33.5 Å². The number of unbranched alkanes of at least 4 members (excludes halogenated alkanes) is 3. The van der Waals surface area contributed by atoms with Crippen molar-refractivity contribution in [2.45, 2.75) is 169 Å². The van der Waals surface area contributed by atoms with Crippen LogP contribution >= 0.6 is 0 Å². The number of aryl methyl sites for hydroxylation is 2. The van der Waals surface area contributed by atoms with Gasteiger partial charge in [0.25, 0.3) is 0 Å². The van der Waals surface area contributed by atoms with E-state index in [4.69, 9.17) is 11.5 Å². The summed E-state index contributed by atoms with van der Waals surface area (Å²) >= 11 is 0. The van der Waals surface area contributed by atoms with Crippen molar-refractivity contribution in [3.05, 3.63) is 57.1 Å². The number of carbonyl (C=O) groups excluding carboxylic acids is 2. The minimum atomic E-state index is -0.298. The van der Waals surface area contributed by atoms with Crippen molar-refractivity contribution in [1.29, 1.82) is 0 Å². The minimum Gasteiger partial charge on any atom is -0.507 e. The lowest BCUT2D eigenvalue weighted by Gasteiger charge is -2.31. The fraction of sp³-hybridized carbons (Fsp3) is 0.650. The number of benzene rings is 2. The molecular weight excluding hydrogens is 572 g/mol. The topological polar surface area (TPSA) is 127 Å². The van der Waals surface area contributed by atoms with Crippen LogP contribution in [0.1, 0.15) is 167 Å². The van der Waals surface area contributed by atoms with Crippen molar-refractivity contribution in [1.82, 2.24) is 0 Å². The number of amides is 2. The van der Waals surface area contributed by atoms with E-state index in [1.165, 1.54) is 30.4 Å². The molecule has 46 heavy (non-hydrogen) atoms. The Labute approximate surface area is 280 Å². The normalized spacial score (nSPS) is 12.5. The predicted molar refractivity (Wildman–Crippen MR) is 194 cm³/mol. The van der Waals surface area contributed by atoms with E-state index < -0.39 is 0 Å². The maximum atomic E-state index is 11.4. The molecule has 0 radical (unpaired) electrons. The molecule has 2 aromatic rings. The summed E-state index contributed by atoms with van der Waals surface area (Å²) in [5.41, 5.74) is 17.3. The highest BCUT2D eigenvalue weighted by Gasteiger charge is 2.30. The second-order valence-corrected chi connectivity index (χ2v) is 17.1. The first kappa shape index (κ1) is 41.0. The molecule has 0 heterocycles. The van der Waals surface area contributed by atoms with E-state index in [1.807, 2.05) is 12.1 Å². The van der Waals surface area contributed by atoms with Gasteiger partial charge in [-0.25, -0.2) is 0 Å². The maximum Gasteiger partial charge on any atom is 0.217 e. The molecule has 0 fully saturated rings. The standard InChI is InChI=1S/C23H39NO2.C17H27NO2/c1-8-9-10-11-12-17-16(13-14-19(24)25)15-18(22(2,3)4)21(26)20(17)23(5,6)7;1-16(2,3)12-9-11(7-8-14(18)19)10-13(15(12)20)17(4,5)6/h15,26H,8-14H2,1-7H3,(H2,24,25);9-10,20H,7-8H2,1-6H3,(H2,18,19). The van der Waals surface area contributed by atoms with Crippen LogP contribution in [0.15, 0.2) is 18.2 Å². The third-order valence-corrected chi connectivity index (χ3v) is 8.42. The van der Waals surface area contributed by atoms with Gasteiger partial charge in [-0.1, -0.05) is 127 Å². The Balaban J connectivity index is 0.000000476. The molecule has 0 saturated heterocycles. The number of rotatable bonds is 11. The molecule has 0 spiro atoms. The summed E-state index contributed by atoms with van der Waals surface area (Å²) in [6.45, 7) is 27.5. The van der Waals surface area contributed by atoms with Crippen LogP contribution in [-0.2, 0) is 50.5 Å². The van der Waals surface area contributed by atoms with Crippen molar-refractivity contribution >= 4 is 11.8 Å². The largest absolute Gasteiger partial charge is 0.507 e. The Morgan fingerprint density at radius 1 is 0.587 bits per heavy atom. The monoisotopic (exact) mass is 639 g/mol. The van der Waals surface area contributed by atoms with Gasteiger partial charge in [-0.3, -0.25) is 9.59 Å². The number of aromatic hydroxyl groups is 2. The van der Waals surface area contributed by atoms with Crippen LogP contribution in [0.2, 0.25) is 0 Å². The molecule has 6 N–H and O–H groups in total. The maximum absolute atomic E-state index is 11.4. The molecule has 0 aliphatic carbocycles. The molecule has 0 unspecified atom stereocenters. The summed E-state index contributed by atoms with van der Waals surface area (Å²) in [6, 6.07) is 6.10. The Kier molecular flexibility index (Phi) is 14.4. The molecule has 2 amide bonds. The molecule has 0 bridgehead atoms. The second-order valence-electron chi connectivity index (χ2n) is 17.1. The molecular formula is C40H66N2O4. The smallest absolute Gasteiger partial charge is 0.217 e. The van der Waals surface area contributed by atoms with Gasteiger partial charge in [-0.05, 0) is 80.7 Å². The summed E-state index contributed by atoms with van der Waals surface area (Å²) in [6.07, 6.45) is 7.61. The average Bonchev–Trinajstić information content (AvgIpc) is 2.87. The van der Waals surface area contributed by atoms with E-state index >= 15 is 0 Å². The molecule has 2 aromatic carbocycles. The van der Waals surface area contributed by atoms with Gasteiger partial charge in [-0.15, -0.1) is 0 Å². The van der Waals surface area contributed by atoms with E-state index in [0.29, 0.717) is 37.2 Å². The van der Waals surface area contributed by atoms with Gasteiger partial charge in [-0.2, -0.15) is 0 Å². The van der Waals surface area contributed by atoms with E-state index in [2.05, 4.69) is 96.1 Å².